The number of hydrogen-bond acceptors (Lipinski definition) is 3. The Bertz CT molecular complexity index is 627. The second kappa shape index (κ2) is 5.92. The fourth-order valence-corrected chi connectivity index (χ4v) is 3.51. The number of hydrogen-bond donors (Lipinski definition) is 1. The highest BCUT2D eigenvalue weighted by molar-refractivity contribution is 8.13. The smallest absolute Gasteiger partial charge is 0.262 e. The lowest BCUT2D eigenvalue weighted by atomic mass is 10.1. The minimum atomic E-state index is -3.96. The van der Waals surface area contributed by atoms with Crippen LogP contribution in [0.4, 0.5) is 0 Å². The molecule has 1 atom stereocenters. The highest BCUT2D eigenvalue weighted by atomic mass is 35.7. The largest absolute Gasteiger partial charge is 0.352 e. The topological polar surface area (TPSA) is 63.2 Å². The number of rotatable bonds is 5. The Morgan fingerprint density at radius 1 is 1.45 bits per heavy atom. The first-order chi connectivity index (χ1) is 9.29. The summed E-state index contributed by atoms with van der Waals surface area (Å²) >= 11 is 5.77. The van der Waals surface area contributed by atoms with Crippen molar-refractivity contribution >= 4 is 37.2 Å². The minimum absolute atomic E-state index is 0.00268. The van der Waals surface area contributed by atoms with E-state index >= 15 is 0 Å². The predicted molar refractivity (Wildman–Crippen MR) is 78.7 cm³/mol. The van der Waals surface area contributed by atoms with Crippen LogP contribution in [0.25, 0.3) is 0 Å². The van der Waals surface area contributed by atoms with Crippen LogP contribution in [0.5, 0.6) is 0 Å². The normalized spacial score (nSPS) is 16.8. The number of benzene rings is 1. The molecule has 110 valence electrons. The Labute approximate surface area is 127 Å². The van der Waals surface area contributed by atoms with Crippen molar-refractivity contribution in [2.45, 2.75) is 24.7 Å². The van der Waals surface area contributed by atoms with E-state index in [9.17, 15) is 13.2 Å². The van der Waals surface area contributed by atoms with E-state index in [0.29, 0.717) is 18.4 Å². The summed E-state index contributed by atoms with van der Waals surface area (Å²) in [6.07, 6.45) is 2.43. The molecule has 0 heterocycles. The highest BCUT2D eigenvalue weighted by Gasteiger charge is 2.28. The third kappa shape index (κ3) is 3.87. The molecule has 1 N–H and O–H groups in total. The van der Waals surface area contributed by atoms with Gasteiger partial charge in [-0.05, 0) is 42.9 Å². The zero-order chi connectivity index (χ0) is 14.9. The van der Waals surface area contributed by atoms with Gasteiger partial charge in [0, 0.05) is 22.8 Å². The molecule has 4 nitrogen and oxygen atoms in total. The van der Waals surface area contributed by atoms with Gasteiger partial charge < -0.3 is 5.32 Å². The van der Waals surface area contributed by atoms with Gasteiger partial charge in [-0.3, -0.25) is 4.79 Å². The summed E-state index contributed by atoms with van der Waals surface area (Å²) in [6, 6.07) is 4.03. The van der Waals surface area contributed by atoms with E-state index in [2.05, 4.69) is 12.2 Å². The van der Waals surface area contributed by atoms with Gasteiger partial charge in [0.1, 0.15) is 4.90 Å². The van der Waals surface area contributed by atoms with E-state index < -0.39 is 9.05 Å². The molecule has 7 heteroatoms. The zero-order valence-electron chi connectivity index (χ0n) is 10.9. The fourth-order valence-electron chi connectivity index (χ4n) is 2.02. The van der Waals surface area contributed by atoms with Crippen molar-refractivity contribution < 1.29 is 13.2 Å². The maximum absolute atomic E-state index is 12.0. The summed E-state index contributed by atoms with van der Waals surface area (Å²) < 4.78 is 22.7. The van der Waals surface area contributed by atoms with Crippen molar-refractivity contribution in [2.75, 3.05) is 6.54 Å². The predicted octanol–water partition coefficient (Wildman–Crippen LogP) is 3.04. The van der Waals surface area contributed by atoms with Crippen molar-refractivity contribution in [3.05, 3.63) is 28.8 Å². The average Bonchev–Trinajstić information content (AvgIpc) is 3.18. The SMILES string of the molecule is CC(CNC(=O)c1ccc(Cl)c(S(=O)(=O)Cl)c1)C1CC1. The summed E-state index contributed by atoms with van der Waals surface area (Å²) in [7, 11) is 1.31. The van der Waals surface area contributed by atoms with Crippen LogP contribution in [-0.2, 0) is 9.05 Å². The third-order valence-corrected chi connectivity index (χ3v) is 5.27. The van der Waals surface area contributed by atoms with E-state index in [1.165, 1.54) is 31.0 Å². The summed E-state index contributed by atoms with van der Waals surface area (Å²) in [5.74, 6) is 0.803. The molecule has 0 aliphatic heterocycles. The molecule has 1 amide bonds. The van der Waals surface area contributed by atoms with Crippen molar-refractivity contribution in [3.63, 3.8) is 0 Å². The molecule has 0 spiro atoms. The Balaban J connectivity index is 2.10. The standard InChI is InChI=1S/C13H15Cl2NO3S/c1-8(9-2-3-9)7-16-13(17)10-4-5-11(14)12(6-10)20(15,18)19/h4-6,8-9H,2-3,7H2,1H3,(H,16,17). The number of nitrogens with one attached hydrogen (secondary N) is 1. The van der Waals surface area contributed by atoms with Gasteiger partial charge in [-0.15, -0.1) is 0 Å². The Morgan fingerprint density at radius 2 is 2.10 bits per heavy atom. The van der Waals surface area contributed by atoms with E-state index in [1.54, 1.807) is 0 Å². The maximum Gasteiger partial charge on any atom is 0.262 e. The second-order valence-electron chi connectivity index (χ2n) is 5.11. The van der Waals surface area contributed by atoms with Crippen molar-refractivity contribution in [2.24, 2.45) is 11.8 Å². The van der Waals surface area contributed by atoms with Crippen LogP contribution in [0.3, 0.4) is 0 Å². The quantitative estimate of drug-likeness (QED) is 0.841. The monoisotopic (exact) mass is 335 g/mol. The van der Waals surface area contributed by atoms with Gasteiger partial charge in [-0.25, -0.2) is 8.42 Å². The minimum Gasteiger partial charge on any atom is -0.352 e. The van der Waals surface area contributed by atoms with Crippen molar-refractivity contribution in [3.8, 4) is 0 Å². The highest BCUT2D eigenvalue weighted by Crippen LogP contribution is 2.36. The van der Waals surface area contributed by atoms with Crippen molar-refractivity contribution in [1.82, 2.24) is 5.32 Å². The summed E-state index contributed by atoms with van der Waals surface area (Å²) in [6.45, 7) is 2.67. The molecule has 0 bridgehead atoms. The molecule has 20 heavy (non-hydrogen) atoms. The van der Waals surface area contributed by atoms with Crippen LogP contribution in [0.2, 0.25) is 5.02 Å². The van der Waals surface area contributed by atoms with Crippen LogP contribution >= 0.6 is 22.3 Å². The molecular weight excluding hydrogens is 321 g/mol. The first kappa shape index (κ1) is 15.6. The fraction of sp³-hybridized carbons (Fsp3) is 0.462. The van der Waals surface area contributed by atoms with Crippen LogP contribution in [0.15, 0.2) is 23.1 Å². The van der Waals surface area contributed by atoms with Gasteiger partial charge in [0.15, 0.2) is 0 Å². The molecule has 1 aromatic carbocycles. The van der Waals surface area contributed by atoms with E-state index in [4.69, 9.17) is 22.3 Å². The third-order valence-electron chi connectivity index (χ3n) is 3.47. The van der Waals surface area contributed by atoms with Gasteiger partial charge in [0.25, 0.3) is 15.0 Å². The van der Waals surface area contributed by atoms with Crippen LogP contribution in [-0.4, -0.2) is 20.9 Å². The average molecular weight is 336 g/mol. The molecular formula is C13H15Cl2NO3S. The molecule has 1 saturated carbocycles. The lowest BCUT2D eigenvalue weighted by Crippen LogP contribution is -2.29. The van der Waals surface area contributed by atoms with Gasteiger partial charge in [-0.2, -0.15) is 0 Å². The molecule has 1 aliphatic rings. The van der Waals surface area contributed by atoms with Gasteiger partial charge in [0.05, 0.1) is 5.02 Å². The van der Waals surface area contributed by atoms with E-state index in [1.807, 2.05) is 0 Å². The molecule has 0 aromatic heterocycles. The number of carbonyl (C=O) groups is 1. The van der Waals surface area contributed by atoms with Crippen LogP contribution < -0.4 is 5.32 Å². The second-order valence-corrected chi connectivity index (χ2v) is 8.05. The lowest BCUT2D eigenvalue weighted by molar-refractivity contribution is 0.0946. The molecule has 1 aliphatic carbocycles. The maximum atomic E-state index is 12.0. The Kier molecular flexibility index (Phi) is 4.62. The van der Waals surface area contributed by atoms with Crippen LogP contribution in [0.1, 0.15) is 30.1 Å². The van der Waals surface area contributed by atoms with E-state index in [-0.39, 0.29) is 21.4 Å². The summed E-state index contributed by atoms with van der Waals surface area (Å²) in [4.78, 5) is 11.7. The van der Waals surface area contributed by atoms with Gasteiger partial charge in [0.2, 0.25) is 0 Å². The molecule has 0 radical (unpaired) electrons. The number of amides is 1. The summed E-state index contributed by atoms with van der Waals surface area (Å²) in [5.41, 5.74) is 0.233. The van der Waals surface area contributed by atoms with Crippen LogP contribution in [0, 0.1) is 11.8 Å². The van der Waals surface area contributed by atoms with E-state index in [0.717, 1.165) is 0 Å². The van der Waals surface area contributed by atoms with Gasteiger partial charge in [-0.1, -0.05) is 18.5 Å². The number of halogens is 2. The first-order valence-electron chi connectivity index (χ1n) is 6.31. The number of carbonyl (C=O) groups excluding carboxylic acids is 1. The van der Waals surface area contributed by atoms with Gasteiger partial charge >= 0.3 is 0 Å². The Morgan fingerprint density at radius 3 is 2.65 bits per heavy atom. The molecule has 2 rings (SSSR count). The Hall–Kier alpha value is -0.780. The molecule has 1 aromatic rings. The first-order valence-corrected chi connectivity index (χ1v) is 9.00. The molecule has 0 saturated heterocycles. The van der Waals surface area contributed by atoms with Crippen molar-refractivity contribution in [1.29, 1.82) is 0 Å². The summed E-state index contributed by atoms with van der Waals surface area (Å²) in [5, 5.41) is 2.80. The molecule has 1 unspecified atom stereocenters. The lowest BCUT2D eigenvalue weighted by Gasteiger charge is -2.12. The molecule has 1 fully saturated rings. The zero-order valence-corrected chi connectivity index (χ0v) is 13.2.